The van der Waals surface area contributed by atoms with Crippen LogP contribution >= 0.6 is 23.4 Å². The molecule has 0 spiro atoms. The molecule has 124 valence electrons. The van der Waals surface area contributed by atoms with Gasteiger partial charge in [0.1, 0.15) is 17.8 Å². The Morgan fingerprint density at radius 1 is 1.25 bits per heavy atom. The van der Waals surface area contributed by atoms with E-state index in [1.807, 2.05) is 42.2 Å². The van der Waals surface area contributed by atoms with Crippen molar-refractivity contribution in [2.75, 3.05) is 17.7 Å². The Kier molecular flexibility index (Phi) is 4.37. The summed E-state index contributed by atoms with van der Waals surface area (Å²) >= 11 is 8.09. The first-order valence-electron chi connectivity index (χ1n) is 8.10. The fourth-order valence-corrected chi connectivity index (χ4v) is 4.60. The third-order valence-electron chi connectivity index (χ3n) is 4.74. The molecule has 1 N–H and O–H groups in total. The van der Waals surface area contributed by atoms with Crippen LogP contribution in [0.15, 0.2) is 47.8 Å². The highest BCUT2D eigenvalue weighted by Crippen LogP contribution is 2.39. The van der Waals surface area contributed by atoms with Crippen LogP contribution in [-0.2, 0) is 0 Å². The predicted molar refractivity (Wildman–Crippen MR) is 101 cm³/mol. The molecule has 0 radical (unpaired) electrons. The quantitative estimate of drug-likeness (QED) is 0.676. The number of aromatic nitrogens is 3. The van der Waals surface area contributed by atoms with E-state index in [2.05, 4.69) is 33.0 Å². The number of benzene rings is 1. The van der Waals surface area contributed by atoms with Crippen molar-refractivity contribution in [3.63, 3.8) is 0 Å². The number of nitrogens with one attached hydrogen (secondary N) is 1. The molecular formula is C18H19ClN4S. The van der Waals surface area contributed by atoms with E-state index in [0.29, 0.717) is 6.04 Å². The van der Waals surface area contributed by atoms with Gasteiger partial charge in [0, 0.05) is 29.9 Å². The number of thioether (sulfide) groups is 1. The van der Waals surface area contributed by atoms with E-state index in [1.54, 1.807) is 6.33 Å². The normalized spacial score (nSPS) is 20.1. The molecule has 0 amide bonds. The number of rotatable bonds is 5. The number of anilines is 1. The van der Waals surface area contributed by atoms with Crippen LogP contribution in [0.4, 0.5) is 5.82 Å². The molecule has 2 aromatic heterocycles. The average Bonchev–Trinajstić information content (AvgIpc) is 3.03. The first-order chi connectivity index (χ1) is 11.7. The summed E-state index contributed by atoms with van der Waals surface area (Å²) in [6, 6.07) is 10.7. The fourth-order valence-electron chi connectivity index (χ4n) is 3.23. The van der Waals surface area contributed by atoms with Crippen LogP contribution in [0.2, 0.25) is 5.02 Å². The first kappa shape index (κ1) is 15.8. The van der Waals surface area contributed by atoms with Gasteiger partial charge in [-0.05, 0) is 37.0 Å². The van der Waals surface area contributed by atoms with Gasteiger partial charge < -0.3 is 9.88 Å². The van der Waals surface area contributed by atoms with Gasteiger partial charge in [0.05, 0.1) is 10.4 Å². The van der Waals surface area contributed by atoms with Gasteiger partial charge in [-0.1, -0.05) is 23.7 Å². The van der Waals surface area contributed by atoms with Gasteiger partial charge in [-0.3, -0.25) is 0 Å². The molecule has 1 saturated carbocycles. The maximum Gasteiger partial charge on any atom is 0.142 e. The number of H-pyrrole nitrogens is 1. The second-order valence-electron chi connectivity index (χ2n) is 6.28. The molecule has 0 unspecified atom stereocenters. The van der Waals surface area contributed by atoms with Crippen molar-refractivity contribution in [1.29, 1.82) is 0 Å². The molecule has 0 bridgehead atoms. The largest absolute Gasteiger partial charge is 0.356 e. The van der Waals surface area contributed by atoms with Crippen molar-refractivity contribution in [1.82, 2.24) is 15.0 Å². The van der Waals surface area contributed by atoms with Crippen LogP contribution in [-0.4, -0.2) is 33.8 Å². The number of aromatic amines is 1. The summed E-state index contributed by atoms with van der Waals surface area (Å²) in [5, 5.41) is 1.94. The summed E-state index contributed by atoms with van der Waals surface area (Å²) in [5.74, 6) is 2.88. The standard InChI is InChI=1S/C18H19ClN4S/c1-23(18-14-6-7-20-17(14)21-11-22-18)13-8-12(9-13)10-24-16-5-3-2-4-15(16)19/h2-7,11-13H,8-10H2,1H3,(H,20,21,22). The maximum absolute atomic E-state index is 6.23. The van der Waals surface area contributed by atoms with Gasteiger partial charge in [-0.2, -0.15) is 0 Å². The van der Waals surface area contributed by atoms with E-state index in [4.69, 9.17) is 11.6 Å². The molecule has 0 atom stereocenters. The summed E-state index contributed by atoms with van der Waals surface area (Å²) in [5.41, 5.74) is 0.900. The Morgan fingerprint density at radius 3 is 2.92 bits per heavy atom. The number of nitrogens with zero attached hydrogens (tertiary/aromatic N) is 3. The van der Waals surface area contributed by atoms with E-state index in [-0.39, 0.29) is 0 Å². The Hall–Kier alpha value is -1.72. The van der Waals surface area contributed by atoms with Gasteiger partial charge in [-0.25, -0.2) is 9.97 Å². The fraction of sp³-hybridized carbons (Fsp3) is 0.333. The Labute approximate surface area is 150 Å². The molecule has 1 fully saturated rings. The molecule has 2 heterocycles. The highest BCUT2D eigenvalue weighted by atomic mass is 35.5. The molecule has 1 aromatic carbocycles. The molecule has 24 heavy (non-hydrogen) atoms. The molecule has 0 saturated heterocycles. The zero-order valence-corrected chi connectivity index (χ0v) is 15.0. The molecule has 4 nitrogen and oxygen atoms in total. The Balaban J connectivity index is 1.35. The molecule has 1 aliphatic rings. The predicted octanol–water partition coefficient (Wildman–Crippen LogP) is 4.62. The topological polar surface area (TPSA) is 44.8 Å². The third-order valence-corrected chi connectivity index (χ3v) is 6.48. The molecule has 6 heteroatoms. The smallest absolute Gasteiger partial charge is 0.142 e. The van der Waals surface area contributed by atoms with Crippen molar-refractivity contribution >= 4 is 40.2 Å². The van der Waals surface area contributed by atoms with Crippen LogP contribution in [0.3, 0.4) is 0 Å². The number of hydrogen-bond acceptors (Lipinski definition) is 4. The summed E-state index contributed by atoms with van der Waals surface area (Å²) < 4.78 is 0. The molecule has 4 rings (SSSR count). The van der Waals surface area contributed by atoms with Crippen molar-refractivity contribution in [3.05, 3.63) is 47.9 Å². The average molecular weight is 359 g/mol. The Morgan fingerprint density at radius 2 is 2.08 bits per heavy atom. The van der Waals surface area contributed by atoms with E-state index < -0.39 is 0 Å². The monoisotopic (exact) mass is 358 g/mol. The van der Waals surface area contributed by atoms with Crippen LogP contribution in [0, 0.1) is 5.92 Å². The number of hydrogen-bond donors (Lipinski definition) is 1. The van der Waals surface area contributed by atoms with E-state index in [0.717, 1.165) is 33.5 Å². The van der Waals surface area contributed by atoms with Crippen LogP contribution in [0.25, 0.3) is 11.0 Å². The number of fused-ring (bicyclic) bond motifs is 1. The van der Waals surface area contributed by atoms with E-state index in [1.165, 1.54) is 17.7 Å². The highest BCUT2D eigenvalue weighted by molar-refractivity contribution is 7.99. The second-order valence-corrected chi connectivity index (χ2v) is 7.75. The van der Waals surface area contributed by atoms with Gasteiger partial charge in [0.25, 0.3) is 0 Å². The molecular weight excluding hydrogens is 340 g/mol. The third kappa shape index (κ3) is 2.98. The first-order valence-corrected chi connectivity index (χ1v) is 9.47. The number of halogens is 1. The van der Waals surface area contributed by atoms with Gasteiger partial charge in [0.15, 0.2) is 0 Å². The lowest BCUT2D eigenvalue weighted by Crippen LogP contribution is -2.43. The molecule has 0 aliphatic heterocycles. The van der Waals surface area contributed by atoms with Crippen LogP contribution in [0.5, 0.6) is 0 Å². The molecule has 1 aliphatic carbocycles. The summed E-state index contributed by atoms with van der Waals surface area (Å²) in [6.45, 7) is 0. The zero-order valence-electron chi connectivity index (χ0n) is 13.4. The maximum atomic E-state index is 6.23. The van der Waals surface area contributed by atoms with E-state index in [9.17, 15) is 0 Å². The lowest BCUT2D eigenvalue weighted by molar-refractivity contribution is 0.286. The van der Waals surface area contributed by atoms with Crippen molar-refractivity contribution < 1.29 is 0 Å². The minimum atomic E-state index is 0.551. The van der Waals surface area contributed by atoms with Gasteiger partial charge >= 0.3 is 0 Å². The minimum Gasteiger partial charge on any atom is -0.356 e. The zero-order chi connectivity index (χ0) is 16.5. The van der Waals surface area contributed by atoms with Crippen molar-refractivity contribution in [3.8, 4) is 0 Å². The van der Waals surface area contributed by atoms with Gasteiger partial charge in [-0.15, -0.1) is 11.8 Å². The van der Waals surface area contributed by atoms with Crippen molar-refractivity contribution in [2.24, 2.45) is 5.92 Å². The second kappa shape index (κ2) is 6.65. The van der Waals surface area contributed by atoms with Crippen molar-refractivity contribution in [2.45, 2.75) is 23.8 Å². The minimum absolute atomic E-state index is 0.551. The van der Waals surface area contributed by atoms with E-state index >= 15 is 0 Å². The summed E-state index contributed by atoms with van der Waals surface area (Å²) in [4.78, 5) is 15.4. The summed E-state index contributed by atoms with van der Waals surface area (Å²) in [7, 11) is 2.14. The van der Waals surface area contributed by atoms with Crippen LogP contribution < -0.4 is 4.90 Å². The highest BCUT2D eigenvalue weighted by Gasteiger charge is 2.33. The van der Waals surface area contributed by atoms with Crippen LogP contribution in [0.1, 0.15) is 12.8 Å². The SMILES string of the molecule is CN(c1ncnc2[nH]ccc12)C1CC(CSc2ccccc2Cl)C1. The Bertz CT molecular complexity index is 844. The lowest BCUT2D eigenvalue weighted by Gasteiger charge is -2.41. The summed E-state index contributed by atoms with van der Waals surface area (Å²) in [6.07, 6.45) is 5.95. The van der Waals surface area contributed by atoms with Gasteiger partial charge in [0.2, 0.25) is 0 Å². The molecule has 3 aromatic rings. The lowest BCUT2D eigenvalue weighted by atomic mass is 9.81.